The molecule has 0 atom stereocenters. The molecule has 1 heteroatoms. The quantitative estimate of drug-likeness (QED) is 0.452. The molecular weight excluding hydrogens is 134 g/mol. The number of nitrogens with zero attached hydrogens (tertiary/aromatic N) is 1. The molecule has 0 fully saturated rings. The van der Waals surface area contributed by atoms with E-state index in [2.05, 4.69) is 17.7 Å². The van der Waals surface area contributed by atoms with Gasteiger partial charge in [0.25, 0.3) is 0 Å². The third-order valence-corrected chi connectivity index (χ3v) is 1.46. The lowest BCUT2D eigenvalue weighted by Crippen LogP contribution is -2.31. The topological polar surface area (TPSA) is 3.88 Å². The average molecular weight is 146 g/mol. The lowest BCUT2D eigenvalue weighted by Gasteiger charge is -1.91. The average Bonchev–Trinajstić information content (AvgIpc) is 2.06. The van der Waals surface area contributed by atoms with Crippen LogP contribution < -0.4 is 4.57 Å². The van der Waals surface area contributed by atoms with Crippen LogP contribution in [0.3, 0.4) is 0 Å². The van der Waals surface area contributed by atoms with Crippen LogP contribution in [0.4, 0.5) is 0 Å². The fourth-order valence-electron chi connectivity index (χ4n) is 0.926. The van der Waals surface area contributed by atoms with Gasteiger partial charge in [0.2, 0.25) is 0 Å². The van der Waals surface area contributed by atoms with E-state index in [4.69, 9.17) is 0 Å². The summed E-state index contributed by atoms with van der Waals surface area (Å²) in [7, 11) is 0. The van der Waals surface area contributed by atoms with Gasteiger partial charge in [0.05, 0.1) is 0 Å². The Hall–Kier alpha value is -1.37. The number of hydrogen-bond donors (Lipinski definition) is 0. The van der Waals surface area contributed by atoms with Gasteiger partial charge in [-0.2, -0.15) is 0 Å². The first-order chi connectivity index (χ1) is 5.36. The van der Waals surface area contributed by atoms with E-state index in [1.165, 1.54) is 0 Å². The van der Waals surface area contributed by atoms with Crippen LogP contribution in [-0.2, 0) is 6.54 Å². The Bertz CT molecular complexity index is 263. The molecule has 0 amide bonds. The van der Waals surface area contributed by atoms with Gasteiger partial charge in [0, 0.05) is 11.6 Å². The summed E-state index contributed by atoms with van der Waals surface area (Å²) in [5.74, 6) is 0. The Balaban J connectivity index is 2.90. The van der Waals surface area contributed by atoms with Crippen molar-refractivity contribution in [2.75, 3.05) is 0 Å². The SMILES string of the molecule is C=CC[n+]1cccc(C=C)c1. The molecule has 1 aromatic rings. The Morgan fingerprint density at radius 1 is 1.45 bits per heavy atom. The largest absolute Gasteiger partial charge is 0.201 e. The molecule has 0 spiro atoms. The second-order valence-electron chi connectivity index (χ2n) is 2.33. The van der Waals surface area contributed by atoms with E-state index < -0.39 is 0 Å². The van der Waals surface area contributed by atoms with Crippen molar-refractivity contribution in [1.29, 1.82) is 0 Å². The van der Waals surface area contributed by atoms with Gasteiger partial charge < -0.3 is 0 Å². The molecule has 1 rings (SSSR count). The lowest BCUT2D eigenvalue weighted by atomic mass is 10.3. The molecule has 11 heavy (non-hydrogen) atoms. The second-order valence-corrected chi connectivity index (χ2v) is 2.33. The summed E-state index contributed by atoms with van der Waals surface area (Å²) in [6, 6.07) is 4.02. The highest BCUT2D eigenvalue weighted by Gasteiger charge is 1.95. The zero-order chi connectivity index (χ0) is 8.10. The summed E-state index contributed by atoms with van der Waals surface area (Å²) < 4.78 is 2.06. The number of aromatic nitrogens is 1. The van der Waals surface area contributed by atoms with Gasteiger partial charge in [-0.15, -0.1) is 0 Å². The molecule has 0 aliphatic carbocycles. The fourth-order valence-corrected chi connectivity index (χ4v) is 0.926. The Kier molecular flexibility index (Phi) is 2.61. The Morgan fingerprint density at radius 3 is 2.91 bits per heavy atom. The van der Waals surface area contributed by atoms with Crippen molar-refractivity contribution < 1.29 is 4.57 Å². The van der Waals surface area contributed by atoms with E-state index in [0.29, 0.717) is 0 Å². The first-order valence-electron chi connectivity index (χ1n) is 3.59. The van der Waals surface area contributed by atoms with E-state index in [9.17, 15) is 0 Å². The van der Waals surface area contributed by atoms with Crippen LogP contribution in [0.1, 0.15) is 5.56 Å². The number of rotatable bonds is 3. The molecular formula is C10H12N+. The number of hydrogen-bond acceptors (Lipinski definition) is 0. The smallest absolute Gasteiger partial charge is 0.176 e. The fraction of sp³-hybridized carbons (Fsp3) is 0.100. The van der Waals surface area contributed by atoms with Gasteiger partial charge in [0.1, 0.15) is 0 Å². The highest BCUT2D eigenvalue weighted by Crippen LogP contribution is 1.94. The molecule has 1 aromatic heterocycles. The molecule has 0 aliphatic heterocycles. The zero-order valence-corrected chi connectivity index (χ0v) is 6.53. The van der Waals surface area contributed by atoms with E-state index in [1.807, 2.05) is 36.7 Å². The third-order valence-electron chi connectivity index (χ3n) is 1.46. The molecule has 0 saturated carbocycles. The predicted molar refractivity (Wildman–Crippen MR) is 46.9 cm³/mol. The highest BCUT2D eigenvalue weighted by atomic mass is 14.9. The van der Waals surface area contributed by atoms with Crippen LogP contribution in [0.25, 0.3) is 6.08 Å². The molecule has 56 valence electrons. The van der Waals surface area contributed by atoms with Crippen molar-refractivity contribution >= 4 is 6.08 Å². The minimum Gasteiger partial charge on any atom is -0.201 e. The van der Waals surface area contributed by atoms with Crippen molar-refractivity contribution in [3.8, 4) is 0 Å². The highest BCUT2D eigenvalue weighted by molar-refractivity contribution is 5.43. The normalized spacial score (nSPS) is 9.09. The van der Waals surface area contributed by atoms with Crippen molar-refractivity contribution in [3.63, 3.8) is 0 Å². The maximum Gasteiger partial charge on any atom is 0.176 e. The standard InChI is InChI=1S/C10H12N/c1-3-7-11-8-5-6-10(4-2)9-11/h3-6,8-9H,1-2,7H2/q+1. The molecule has 1 nitrogen and oxygen atoms in total. The van der Waals surface area contributed by atoms with Crippen molar-refractivity contribution in [3.05, 3.63) is 49.3 Å². The van der Waals surface area contributed by atoms with Crippen LogP contribution in [0.15, 0.2) is 43.8 Å². The minimum atomic E-state index is 0.849. The summed E-state index contributed by atoms with van der Waals surface area (Å²) in [6.45, 7) is 8.21. The summed E-state index contributed by atoms with van der Waals surface area (Å²) >= 11 is 0. The molecule has 0 radical (unpaired) electrons. The van der Waals surface area contributed by atoms with Gasteiger partial charge in [-0.05, 0) is 12.1 Å². The molecule has 0 aliphatic rings. The van der Waals surface area contributed by atoms with Crippen molar-refractivity contribution in [1.82, 2.24) is 0 Å². The van der Waals surface area contributed by atoms with Crippen LogP contribution >= 0.6 is 0 Å². The maximum atomic E-state index is 3.69. The van der Waals surface area contributed by atoms with Crippen molar-refractivity contribution in [2.24, 2.45) is 0 Å². The van der Waals surface area contributed by atoms with Gasteiger partial charge in [-0.25, -0.2) is 4.57 Å². The van der Waals surface area contributed by atoms with Crippen molar-refractivity contribution in [2.45, 2.75) is 6.54 Å². The summed E-state index contributed by atoms with van der Waals surface area (Å²) in [5.41, 5.74) is 1.13. The minimum absolute atomic E-state index is 0.849. The van der Waals surface area contributed by atoms with E-state index >= 15 is 0 Å². The molecule has 0 bridgehead atoms. The van der Waals surface area contributed by atoms with Gasteiger partial charge >= 0.3 is 0 Å². The summed E-state index contributed by atoms with van der Waals surface area (Å²) in [6.07, 6.45) is 7.75. The Labute approximate surface area is 67.3 Å². The van der Waals surface area contributed by atoms with Crippen LogP contribution in [0.2, 0.25) is 0 Å². The van der Waals surface area contributed by atoms with Gasteiger partial charge in [-0.3, -0.25) is 0 Å². The molecule has 0 aromatic carbocycles. The third kappa shape index (κ3) is 2.04. The monoisotopic (exact) mass is 146 g/mol. The number of pyridine rings is 1. The van der Waals surface area contributed by atoms with Crippen LogP contribution in [0, 0.1) is 0 Å². The van der Waals surface area contributed by atoms with E-state index in [0.717, 1.165) is 12.1 Å². The van der Waals surface area contributed by atoms with E-state index in [1.54, 1.807) is 0 Å². The van der Waals surface area contributed by atoms with Gasteiger partial charge in [-0.1, -0.05) is 19.2 Å². The second kappa shape index (κ2) is 3.71. The lowest BCUT2D eigenvalue weighted by molar-refractivity contribution is -0.687. The number of allylic oxidation sites excluding steroid dienone is 1. The molecule has 0 unspecified atom stereocenters. The van der Waals surface area contributed by atoms with Crippen LogP contribution in [-0.4, -0.2) is 0 Å². The first kappa shape index (κ1) is 7.73. The molecule has 1 heterocycles. The van der Waals surface area contributed by atoms with Gasteiger partial charge in [0.15, 0.2) is 18.9 Å². The first-order valence-corrected chi connectivity index (χ1v) is 3.59. The zero-order valence-electron chi connectivity index (χ0n) is 6.53. The summed E-state index contributed by atoms with van der Waals surface area (Å²) in [5, 5.41) is 0. The summed E-state index contributed by atoms with van der Waals surface area (Å²) in [4.78, 5) is 0. The molecule has 0 N–H and O–H groups in total. The Morgan fingerprint density at radius 2 is 2.27 bits per heavy atom. The van der Waals surface area contributed by atoms with E-state index in [-0.39, 0.29) is 0 Å². The predicted octanol–water partition coefficient (Wildman–Crippen LogP) is 1.80. The molecule has 0 saturated heterocycles. The van der Waals surface area contributed by atoms with Crippen LogP contribution in [0.5, 0.6) is 0 Å². The maximum absolute atomic E-state index is 3.69.